The third-order valence-corrected chi connectivity index (χ3v) is 2.94. The van der Waals surface area contributed by atoms with Crippen LogP contribution in [-0.2, 0) is 0 Å². The Labute approximate surface area is 75.0 Å². The van der Waals surface area contributed by atoms with Gasteiger partial charge in [-0.2, -0.15) is 5.26 Å². The molecule has 2 heteroatoms. The zero-order chi connectivity index (χ0) is 9.03. The predicted molar refractivity (Wildman–Crippen MR) is 49.7 cm³/mol. The highest BCUT2D eigenvalue weighted by Gasteiger charge is 2.35. The third kappa shape index (κ3) is 1.98. The maximum Gasteiger partial charge on any atom is 0.0638 e. The molecule has 1 N–H and O–H groups in total. The lowest BCUT2D eigenvalue weighted by molar-refractivity contribution is 0.161. The summed E-state index contributed by atoms with van der Waals surface area (Å²) in [6.07, 6.45) is 5.75. The molecule has 0 saturated heterocycles. The van der Waals surface area contributed by atoms with E-state index in [9.17, 15) is 0 Å². The molecule has 0 amide bonds. The van der Waals surface area contributed by atoms with Gasteiger partial charge in [0.05, 0.1) is 12.5 Å². The molecular formula is C10H18N2. The van der Waals surface area contributed by atoms with Gasteiger partial charge in [-0.25, -0.2) is 0 Å². The van der Waals surface area contributed by atoms with Crippen LogP contribution in [0.5, 0.6) is 0 Å². The Hall–Kier alpha value is -0.550. The minimum atomic E-state index is 0.357. The van der Waals surface area contributed by atoms with Gasteiger partial charge in [-0.1, -0.05) is 6.92 Å². The van der Waals surface area contributed by atoms with E-state index in [0.717, 1.165) is 0 Å². The van der Waals surface area contributed by atoms with Crippen LogP contribution in [0.4, 0.5) is 0 Å². The van der Waals surface area contributed by atoms with E-state index < -0.39 is 0 Å². The minimum Gasteiger partial charge on any atom is -0.308 e. The molecule has 1 unspecified atom stereocenters. The highest BCUT2D eigenvalue weighted by atomic mass is 15.0. The van der Waals surface area contributed by atoms with Crippen LogP contribution < -0.4 is 5.32 Å². The summed E-state index contributed by atoms with van der Waals surface area (Å²) in [5.74, 6) is 0. The average Bonchev–Trinajstić information content (AvgIpc) is 1.97. The van der Waals surface area contributed by atoms with Gasteiger partial charge in [-0.15, -0.1) is 0 Å². The number of rotatable bonds is 4. The van der Waals surface area contributed by atoms with Crippen molar-refractivity contribution >= 4 is 0 Å². The van der Waals surface area contributed by atoms with Gasteiger partial charge in [0, 0.05) is 11.6 Å². The SMILES string of the molecule is CCC1(NC(C)CC#N)CCC1. The Morgan fingerprint density at radius 2 is 2.25 bits per heavy atom. The second-order valence-electron chi connectivity index (χ2n) is 3.90. The van der Waals surface area contributed by atoms with Crippen molar-refractivity contribution in [3.63, 3.8) is 0 Å². The molecule has 0 radical (unpaired) electrons. The van der Waals surface area contributed by atoms with Gasteiger partial charge >= 0.3 is 0 Å². The highest BCUT2D eigenvalue weighted by Crippen LogP contribution is 2.35. The van der Waals surface area contributed by atoms with Crippen LogP contribution in [0.2, 0.25) is 0 Å². The average molecular weight is 166 g/mol. The van der Waals surface area contributed by atoms with Crippen molar-refractivity contribution in [2.45, 2.75) is 57.5 Å². The van der Waals surface area contributed by atoms with Crippen molar-refractivity contribution in [2.24, 2.45) is 0 Å². The fourth-order valence-corrected chi connectivity index (χ4v) is 1.91. The first-order valence-corrected chi connectivity index (χ1v) is 4.87. The molecular weight excluding hydrogens is 148 g/mol. The summed E-state index contributed by atoms with van der Waals surface area (Å²) in [6, 6.07) is 2.56. The van der Waals surface area contributed by atoms with Crippen LogP contribution >= 0.6 is 0 Å². The highest BCUT2D eigenvalue weighted by molar-refractivity contribution is 4.97. The zero-order valence-electron chi connectivity index (χ0n) is 8.06. The number of nitrogens with one attached hydrogen (secondary N) is 1. The first-order chi connectivity index (χ1) is 5.72. The lowest BCUT2D eigenvalue weighted by Crippen LogP contribution is -2.53. The number of nitrogens with zero attached hydrogens (tertiary/aromatic N) is 1. The van der Waals surface area contributed by atoms with Crippen molar-refractivity contribution in [2.75, 3.05) is 0 Å². The Morgan fingerprint density at radius 1 is 1.58 bits per heavy atom. The molecule has 1 aliphatic carbocycles. The Balaban J connectivity index is 2.33. The maximum atomic E-state index is 8.51. The topological polar surface area (TPSA) is 35.8 Å². The predicted octanol–water partition coefficient (Wildman–Crippen LogP) is 2.21. The molecule has 0 bridgehead atoms. The summed E-state index contributed by atoms with van der Waals surface area (Å²) in [4.78, 5) is 0. The summed E-state index contributed by atoms with van der Waals surface area (Å²) in [5, 5.41) is 12.1. The summed E-state index contributed by atoms with van der Waals surface area (Å²) in [7, 11) is 0. The largest absolute Gasteiger partial charge is 0.308 e. The first-order valence-electron chi connectivity index (χ1n) is 4.87. The summed E-state index contributed by atoms with van der Waals surface area (Å²) in [5.41, 5.74) is 0.385. The molecule has 0 aromatic heterocycles. The minimum absolute atomic E-state index is 0.357. The summed E-state index contributed by atoms with van der Waals surface area (Å²) >= 11 is 0. The van der Waals surface area contributed by atoms with Crippen LogP contribution in [0.15, 0.2) is 0 Å². The molecule has 0 heterocycles. The molecule has 0 aromatic rings. The molecule has 0 spiro atoms. The van der Waals surface area contributed by atoms with Gasteiger partial charge in [-0.05, 0) is 32.6 Å². The van der Waals surface area contributed by atoms with Crippen LogP contribution in [0.1, 0.15) is 46.0 Å². The molecule has 1 rings (SSSR count). The van der Waals surface area contributed by atoms with Gasteiger partial charge in [0.2, 0.25) is 0 Å². The number of nitriles is 1. The fourth-order valence-electron chi connectivity index (χ4n) is 1.91. The molecule has 1 fully saturated rings. The number of hydrogen-bond donors (Lipinski definition) is 1. The maximum absolute atomic E-state index is 8.51. The van der Waals surface area contributed by atoms with E-state index in [1.807, 2.05) is 0 Å². The van der Waals surface area contributed by atoms with Gasteiger partial charge in [0.15, 0.2) is 0 Å². The lowest BCUT2D eigenvalue weighted by atomic mass is 9.74. The molecule has 1 aliphatic rings. The Kier molecular flexibility index (Phi) is 3.11. The van der Waals surface area contributed by atoms with E-state index in [1.54, 1.807) is 0 Å². The second-order valence-corrected chi connectivity index (χ2v) is 3.90. The Morgan fingerprint density at radius 3 is 2.58 bits per heavy atom. The molecule has 1 saturated carbocycles. The normalized spacial score (nSPS) is 22.4. The van der Waals surface area contributed by atoms with Crippen molar-refractivity contribution in [3.05, 3.63) is 0 Å². The van der Waals surface area contributed by atoms with E-state index in [2.05, 4.69) is 25.2 Å². The van der Waals surface area contributed by atoms with E-state index in [4.69, 9.17) is 5.26 Å². The molecule has 2 nitrogen and oxygen atoms in total. The third-order valence-electron chi connectivity index (χ3n) is 2.94. The van der Waals surface area contributed by atoms with E-state index in [-0.39, 0.29) is 0 Å². The molecule has 0 aromatic carbocycles. The van der Waals surface area contributed by atoms with Crippen molar-refractivity contribution < 1.29 is 0 Å². The van der Waals surface area contributed by atoms with Crippen LogP contribution in [0.3, 0.4) is 0 Å². The zero-order valence-corrected chi connectivity index (χ0v) is 8.06. The fraction of sp³-hybridized carbons (Fsp3) is 0.900. The standard InChI is InChI=1S/C10H18N2/c1-3-10(6-4-7-10)12-9(2)5-8-11/h9,12H,3-7H2,1-2H3. The van der Waals surface area contributed by atoms with Gasteiger partial charge in [0.25, 0.3) is 0 Å². The van der Waals surface area contributed by atoms with Crippen LogP contribution in [-0.4, -0.2) is 11.6 Å². The van der Waals surface area contributed by atoms with Crippen molar-refractivity contribution in [3.8, 4) is 6.07 Å². The summed E-state index contributed by atoms with van der Waals surface area (Å²) in [6.45, 7) is 4.32. The van der Waals surface area contributed by atoms with Crippen LogP contribution in [0.25, 0.3) is 0 Å². The van der Waals surface area contributed by atoms with E-state index in [0.29, 0.717) is 18.0 Å². The second kappa shape index (κ2) is 3.91. The Bertz CT molecular complexity index is 171. The first kappa shape index (κ1) is 9.54. The smallest absolute Gasteiger partial charge is 0.0638 e. The molecule has 1 atom stereocenters. The van der Waals surface area contributed by atoms with Crippen molar-refractivity contribution in [1.29, 1.82) is 5.26 Å². The molecule has 0 aliphatic heterocycles. The lowest BCUT2D eigenvalue weighted by Gasteiger charge is -2.44. The van der Waals surface area contributed by atoms with Gasteiger partial charge in [0.1, 0.15) is 0 Å². The van der Waals surface area contributed by atoms with E-state index in [1.165, 1.54) is 25.7 Å². The molecule has 12 heavy (non-hydrogen) atoms. The molecule has 68 valence electrons. The van der Waals surface area contributed by atoms with Crippen molar-refractivity contribution in [1.82, 2.24) is 5.32 Å². The van der Waals surface area contributed by atoms with E-state index >= 15 is 0 Å². The summed E-state index contributed by atoms with van der Waals surface area (Å²) < 4.78 is 0. The van der Waals surface area contributed by atoms with Gasteiger partial charge < -0.3 is 5.32 Å². The monoisotopic (exact) mass is 166 g/mol. The number of hydrogen-bond acceptors (Lipinski definition) is 2. The quantitative estimate of drug-likeness (QED) is 0.695. The van der Waals surface area contributed by atoms with Crippen LogP contribution in [0, 0.1) is 11.3 Å². The van der Waals surface area contributed by atoms with Gasteiger partial charge in [-0.3, -0.25) is 0 Å².